The molecule has 0 fully saturated rings. The third-order valence-corrected chi connectivity index (χ3v) is 5.69. The maximum atomic E-state index is 13.9. The summed E-state index contributed by atoms with van der Waals surface area (Å²) >= 11 is 6.33. The second-order valence-corrected chi connectivity index (χ2v) is 9.29. The molecular formula is C27H32ClFN6O3. The Bertz CT molecular complexity index is 1350. The zero-order valence-corrected chi connectivity index (χ0v) is 22.9. The average Bonchev–Trinajstić information content (AvgIpc) is 3.29. The molecule has 202 valence electrons. The summed E-state index contributed by atoms with van der Waals surface area (Å²) in [6.45, 7) is 3.36. The Hall–Kier alpha value is -3.92. The zero-order chi connectivity index (χ0) is 27.8. The molecular weight excluding hydrogens is 511 g/mol. The van der Waals surface area contributed by atoms with Crippen LogP contribution in [0.25, 0.3) is 11.2 Å². The maximum Gasteiger partial charge on any atom is 0.261 e. The number of nitrogens with zero attached hydrogens (tertiary/aromatic N) is 5. The molecule has 11 heteroatoms. The molecule has 1 atom stereocenters. The Morgan fingerprint density at radius 2 is 2.03 bits per heavy atom. The van der Waals surface area contributed by atoms with Crippen LogP contribution in [0.3, 0.4) is 0 Å². The van der Waals surface area contributed by atoms with Crippen molar-refractivity contribution in [3.63, 3.8) is 0 Å². The summed E-state index contributed by atoms with van der Waals surface area (Å²) < 4.78 is 20.9. The van der Waals surface area contributed by atoms with Crippen LogP contribution in [0.15, 0.2) is 60.8 Å². The molecule has 3 rings (SSSR count). The summed E-state index contributed by atoms with van der Waals surface area (Å²) in [5, 5.41) is 7.56. The van der Waals surface area contributed by atoms with E-state index in [4.69, 9.17) is 16.3 Å². The number of unbranched alkanes of at least 4 members (excludes halogenated alkanes) is 1. The molecule has 0 aliphatic rings. The number of amides is 2. The third-order valence-electron chi connectivity index (χ3n) is 5.45. The van der Waals surface area contributed by atoms with Gasteiger partial charge in [0, 0.05) is 62.8 Å². The van der Waals surface area contributed by atoms with E-state index in [1.807, 2.05) is 13.0 Å². The smallest absolute Gasteiger partial charge is 0.261 e. The molecule has 38 heavy (non-hydrogen) atoms. The van der Waals surface area contributed by atoms with Gasteiger partial charge in [0.25, 0.3) is 5.91 Å². The summed E-state index contributed by atoms with van der Waals surface area (Å²) in [6, 6.07) is 6.56. The first-order chi connectivity index (χ1) is 18.1. The quantitative estimate of drug-likeness (QED) is 0.357. The highest BCUT2D eigenvalue weighted by Crippen LogP contribution is 2.34. The number of fused-ring (bicyclic) bond motifs is 1. The van der Waals surface area contributed by atoms with Gasteiger partial charge in [0.2, 0.25) is 12.3 Å². The number of halogens is 2. The van der Waals surface area contributed by atoms with Crippen molar-refractivity contribution >= 4 is 34.6 Å². The van der Waals surface area contributed by atoms with E-state index < -0.39 is 12.3 Å². The van der Waals surface area contributed by atoms with Crippen molar-refractivity contribution in [2.75, 3.05) is 27.7 Å². The van der Waals surface area contributed by atoms with Gasteiger partial charge in [0.15, 0.2) is 5.65 Å². The van der Waals surface area contributed by atoms with E-state index >= 15 is 0 Å². The first kappa shape index (κ1) is 28.6. The number of ether oxygens (including phenoxy) is 1. The van der Waals surface area contributed by atoms with E-state index in [0.29, 0.717) is 33.9 Å². The number of allylic oxidation sites excluding steroid dienone is 2. The van der Waals surface area contributed by atoms with E-state index in [-0.39, 0.29) is 23.8 Å². The molecule has 2 amide bonds. The second kappa shape index (κ2) is 13.0. The van der Waals surface area contributed by atoms with Gasteiger partial charge < -0.3 is 19.9 Å². The standard InChI is InChI=1S/C27H32ClFN6O3/c1-6-7-9-20(21-14-19(28)10-11-24(21)38-18(2)29)23(16-34(5)17-25(36)33(3)4)32-27(37)22-15-31-35-13-8-12-30-26(22)35/h8-16,18H,6-7,17H2,1-5H3,(H,32,37)/b20-9+,23-16+. The van der Waals surface area contributed by atoms with E-state index in [9.17, 15) is 14.0 Å². The van der Waals surface area contributed by atoms with Crippen LogP contribution in [-0.4, -0.2) is 70.3 Å². The van der Waals surface area contributed by atoms with Crippen molar-refractivity contribution in [2.24, 2.45) is 0 Å². The van der Waals surface area contributed by atoms with Crippen LogP contribution < -0.4 is 10.1 Å². The monoisotopic (exact) mass is 542 g/mol. The molecule has 2 heterocycles. The molecule has 3 aromatic rings. The summed E-state index contributed by atoms with van der Waals surface area (Å²) in [7, 11) is 5.06. The van der Waals surface area contributed by atoms with Crippen molar-refractivity contribution in [2.45, 2.75) is 33.0 Å². The van der Waals surface area contributed by atoms with Gasteiger partial charge in [-0.15, -0.1) is 0 Å². The highest BCUT2D eigenvalue weighted by Gasteiger charge is 2.21. The lowest BCUT2D eigenvalue weighted by Crippen LogP contribution is -2.33. The largest absolute Gasteiger partial charge is 0.460 e. The number of aromatic nitrogens is 3. The molecule has 1 unspecified atom stereocenters. The van der Waals surface area contributed by atoms with Crippen molar-refractivity contribution in [3.05, 3.63) is 77.0 Å². The molecule has 0 saturated carbocycles. The minimum Gasteiger partial charge on any atom is -0.460 e. The number of hydrogen-bond donors (Lipinski definition) is 1. The lowest BCUT2D eigenvalue weighted by atomic mass is 9.99. The molecule has 1 N–H and O–H groups in total. The first-order valence-corrected chi connectivity index (χ1v) is 12.5. The lowest BCUT2D eigenvalue weighted by Gasteiger charge is -2.22. The maximum absolute atomic E-state index is 13.9. The van der Waals surface area contributed by atoms with Gasteiger partial charge in [-0.25, -0.2) is 13.9 Å². The van der Waals surface area contributed by atoms with Gasteiger partial charge in [-0.3, -0.25) is 9.59 Å². The lowest BCUT2D eigenvalue weighted by molar-refractivity contribution is -0.129. The summed E-state index contributed by atoms with van der Waals surface area (Å²) in [5.74, 6) is -0.321. The first-order valence-electron chi connectivity index (χ1n) is 12.1. The molecule has 1 aromatic carbocycles. The molecule has 0 spiro atoms. The van der Waals surface area contributed by atoms with Gasteiger partial charge in [-0.1, -0.05) is 31.0 Å². The third kappa shape index (κ3) is 7.32. The summed E-state index contributed by atoms with van der Waals surface area (Å²) in [5.41, 5.74) is 2.07. The number of rotatable bonds is 11. The second-order valence-electron chi connectivity index (χ2n) is 8.85. The highest BCUT2D eigenvalue weighted by molar-refractivity contribution is 6.30. The van der Waals surface area contributed by atoms with Crippen molar-refractivity contribution in [1.29, 1.82) is 0 Å². The summed E-state index contributed by atoms with van der Waals surface area (Å²) in [4.78, 5) is 33.3. The normalized spacial score (nSPS) is 12.8. The fourth-order valence-electron chi connectivity index (χ4n) is 3.61. The number of nitrogens with one attached hydrogen (secondary N) is 1. The van der Waals surface area contributed by atoms with E-state index in [1.165, 1.54) is 22.5 Å². The van der Waals surface area contributed by atoms with Crippen molar-refractivity contribution in [3.8, 4) is 5.75 Å². The molecule has 0 bridgehead atoms. The Kier molecular flexibility index (Phi) is 9.84. The minimum atomic E-state index is -1.57. The number of likely N-dealkylation sites (N-methyl/N-ethyl adjacent to an activating group) is 2. The Labute approximate surface area is 226 Å². The molecule has 9 nitrogen and oxygen atoms in total. The van der Waals surface area contributed by atoms with E-state index in [2.05, 4.69) is 15.4 Å². The SMILES string of the molecule is CCC/C=C(/C(=C\N(C)CC(=O)N(C)C)NC(=O)c1cnn2cccnc12)c1cc(Cl)ccc1OC(C)F. The van der Waals surface area contributed by atoms with E-state index in [1.54, 1.807) is 68.9 Å². The summed E-state index contributed by atoms with van der Waals surface area (Å²) in [6.07, 6.45) is 8.17. The van der Waals surface area contributed by atoms with Gasteiger partial charge in [-0.05, 0) is 30.7 Å². The molecule has 2 aromatic heterocycles. The van der Waals surface area contributed by atoms with Crippen LogP contribution in [0.5, 0.6) is 5.75 Å². The van der Waals surface area contributed by atoms with Crippen LogP contribution in [-0.2, 0) is 4.79 Å². The molecule has 0 radical (unpaired) electrons. The van der Waals surface area contributed by atoms with Crippen LogP contribution >= 0.6 is 11.6 Å². The fourth-order valence-corrected chi connectivity index (χ4v) is 3.78. The Morgan fingerprint density at radius 1 is 1.26 bits per heavy atom. The average molecular weight is 543 g/mol. The van der Waals surface area contributed by atoms with Gasteiger partial charge in [0.1, 0.15) is 11.3 Å². The van der Waals surface area contributed by atoms with E-state index in [0.717, 1.165) is 6.42 Å². The number of carbonyl (C=O) groups excluding carboxylic acids is 2. The van der Waals surface area contributed by atoms with Gasteiger partial charge in [-0.2, -0.15) is 5.10 Å². The number of carbonyl (C=O) groups is 2. The molecule has 0 aliphatic heterocycles. The Morgan fingerprint density at radius 3 is 2.71 bits per heavy atom. The van der Waals surface area contributed by atoms with Crippen molar-refractivity contribution < 1.29 is 18.7 Å². The number of hydrogen-bond acceptors (Lipinski definition) is 6. The topological polar surface area (TPSA) is 92.1 Å². The zero-order valence-electron chi connectivity index (χ0n) is 22.1. The fraction of sp³-hybridized carbons (Fsp3) is 0.333. The minimum absolute atomic E-state index is 0.0616. The van der Waals surface area contributed by atoms with Crippen LogP contribution in [0.1, 0.15) is 42.6 Å². The predicted octanol–water partition coefficient (Wildman–Crippen LogP) is 4.55. The Balaban J connectivity index is 2.13. The van der Waals surface area contributed by atoms with Crippen molar-refractivity contribution in [1.82, 2.24) is 29.7 Å². The molecule has 0 aliphatic carbocycles. The van der Waals surface area contributed by atoms with Gasteiger partial charge in [0.05, 0.1) is 18.4 Å². The highest BCUT2D eigenvalue weighted by atomic mass is 35.5. The predicted molar refractivity (Wildman–Crippen MR) is 145 cm³/mol. The van der Waals surface area contributed by atoms with Crippen LogP contribution in [0.2, 0.25) is 5.02 Å². The molecule has 0 saturated heterocycles. The number of alkyl halides is 1. The van der Waals surface area contributed by atoms with Crippen LogP contribution in [0, 0.1) is 0 Å². The number of benzene rings is 1. The van der Waals surface area contributed by atoms with Crippen LogP contribution in [0.4, 0.5) is 4.39 Å². The van der Waals surface area contributed by atoms with Gasteiger partial charge >= 0.3 is 0 Å².